The van der Waals surface area contributed by atoms with Crippen LogP contribution >= 0.6 is 0 Å². The van der Waals surface area contributed by atoms with Crippen LogP contribution in [0.3, 0.4) is 0 Å². The number of nitrogens with one attached hydrogen (secondary N) is 1. The summed E-state index contributed by atoms with van der Waals surface area (Å²) in [7, 11) is -4.41. The summed E-state index contributed by atoms with van der Waals surface area (Å²) in [6.07, 6.45) is 4.93. The minimum atomic E-state index is -4.41. The Morgan fingerprint density at radius 3 is 2.68 bits per heavy atom. The Balaban J connectivity index is 1.37. The summed E-state index contributed by atoms with van der Waals surface area (Å²) in [6, 6.07) is 4.29. The van der Waals surface area contributed by atoms with Gasteiger partial charge in [-0.05, 0) is 57.4 Å². The molecule has 9 nitrogen and oxygen atoms in total. The smallest absolute Gasteiger partial charge is 0.263 e. The van der Waals surface area contributed by atoms with Gasteiger partial charge >= 0.3 is 0 Å². The zero-order valence-electron chi connectivity index (χ0n) is 20.5. The van der Waals surface area contributed by atoms with E-state index in [1.807, 2.05) is 11.6 Å². The molecule has 0 bridgehead atoms. The lowest BCUT2D eigenvalue weighted by molar-refractivity contribution is -0.0371. The van der Waals surface area contributed by atoms with Crippen LogP contribution < -0.4 is 9.46 Å². The zero-order chi connectivity index (χ0) is 27.0. The second-order valence-corrected chi connectivity index (χ2v) is 10.6. The van der Waals surface area contributed by atoms with Crippen LogP contribution in [0.4, 0.5) is 18.9 Å². The summed E-state index contributed by atoms with van der Waals surface area (Å²) in [4.78, 5) is 7.64. The van der Waals surface area contributed by atoms with Gasteiger partial charge in [0.1, 0.15) is 28.9 Å². The van der Waals surface area contributed by atoms with Gasteiger partial charge in [0.25, 0.3) is 10.0 Å². The maximum absolute atomic E-state index is 15.2. The van der Waals surface area contributed by atoms with E-state index < -0.39 is 50.2 Å². The summed E-state index contributed by atoms with van der Waals surface area (Å²) >= 11 is 0. The van der Waals surface area contributed by atoms with Crippen LogP contribution in [0.25, 0.3) is 11.0 Å². The summed E-state index contributed by atoms with van der Waals surface area (Å²) in [5, 5.41) is 5.25. The molecule has 1 N–H and O–H groups in total. The highest BCUT2D eigenvalue weighted by Crippen LogP contribution is 2.30. The van der Waals surface area contributed by atoms with Crippen molar-refractivity contribution in [2.75, 3.05) is 11.3 Å². The second kappa shape index (κ2) is 10.2. The maximum Gasteiger partial charge on any atom is 0.263 e. The highest BCUT2D eigenvalue weighted by atomic mass is 32.2. The molecule has 0 saturated carbocycles. The summed E-state index contributed by atoms with van der Waals surface area (Å²) in [6.45, 7) is 3.29. The number of hydrogen-bond acceptors (Lipinski definition) is 7. The van der Waals surface area contributed by atoms with Gasteiger partial charge in [-0.3, -0.25) is 9.71 Å². The molecule has 4 aromatic rings. The van der Waals surface area contributed by atoms with Crippen molar-refractivity contribution in [1.29, 1.82) is 0 Å². The van der Waals surface area contributed by atoms with Crippen molar-refractivity contribution in [3.63, 3.8) is 0 Å². The minimum absolute atomic E-state index is 0.0153. The fourth-order valence-corrected chi connectivity index (χ4v) is 5.54. The van der Waals surface area contributed by atoms with E-state index in [1.54, 1.807) is 10.7 Å². The first-order chi connectivity index (χ1) is 18.1. The fraction of sp³-hybridized carbons (Fsp3) is 0.320. The maximum atomic E-state index is 15.2. The number of nitrogens with zero attached hydrogens (tertiary/aromatic N) is 4. The predicted molar refractivity (Wildman–Crippen MR) is 132 cm³/mol. The summed E-state index contributed by atoms with van der Waals surface area (Å²) in [5.74, 6) is -2.72. The molecule has 1 atom stereocenters. The Bertz CT molecular complexity index is 1620. The molecule has 0 aliphatic carbocycles. The van der Waals surface area contributed by atoms with Gasteiger partial charge in [0.2, 0.25) is 0 Å². The molecule has 3 aromatic heterocycles. The molecular formula is C25H24F3N5O4S. The Kier molecular flexibility index (Phi) is 6.97. The molecule has 1 aliphatic rings. The molecule has 4 heterocycles. The molecule has 1 unspecified atom stereocenters. The van der Waals surface area contributed by atoms with E-state index in [0.29, 0.717) is 23.3 Å². The SMILES string of the molecule is Cc1ncc(F)cc1S(=O)(=O)Nc1ccc(F)c(COc2cnc3c(c2)c(C)nn3C2CCCCO2)c1F. The molecule has 0 radical (unpaired) electrons. The first-order valence-corrected chi connectivity index (χ1v) is 13.3. The van der Waals surface area contributed by atoms with Gasteiger partial charge < -0.3 is 9.47 Å². The van der Waals surface area contributed by atoms with E-state index in [-0.39, 0.29) is 17.7 Å². The highest BCUT2D eigenvalue weighted by molar-refractivity contribution is 7.92. The number of halogens is 3. The number of anilines is 1. The molecular weight excluding hydrogens is 523 g/mol. The first kappa shape index (κ1) is 25.9. The Morgan fingerprint density at radius 2 is 1.92 bits per heavy atom. The standard InChI is InChI=1S/C25H24F3N5O4S/c1-14-18-10-17(12-30-25(18)33(31-14)23-5-3-4-8-36-23)37-13-19-20(27)6-7-21(24(19)28)32-38(34,35)22-9-16(26)11-29-15(22)2/h6-7,9-12,23,32H,3-5,8,13H2,1-2H3. The van der Waals surface area contributed by atoms with Crippen LogP contribution in [0.15, 0.2) is 41.6 Å². The predicted octanol–water partition coefficient (Wildman–Crippen LogP) is 4.94. The lowest BCUT2D eigenvalue weighted by Gasteiger charge is -2.23. The van der Waals surface area contributed by atoms with Crippen LogP contribution in [0, 0.1) is 31.3 Å². The van der Waals surface area contributed by atoms with E-state index in [1.165, 1.54) is 13.1 Å². The zero-order valence-corrected chi connectivity index (χ0v) is 21.4. The second-order valence-electron chi connectivity index (χ2n) is 8.91. The highest BCUT2D eigenvalue weighted by Gasteiger charge is 2.24. The minimum Gasteiger partial charge on any atom is -0.487 e. The average Bonchev–Trinajstić information content (AvgIpc) is 3.23. The van der Waals surface area contributed by atoms with Crippen molar-refractivity contribution >= 4 is 26.7 Å². The van der Waals surface area contributed by atoms with Crippen molar-refractivity contribution in [1.82, 2.24) is 19.7 Å². The van der Waals surface area contributed by atoms with Gasteiger partial charge in [-0.1, -0.05) is 0 Å². The third-order valence-corrected chi connectivity index (χ3v) is 7.73. The molecule has 5 rings (SSSR count). The largest absolute Gasteiger partial charge is 0.487 e. The van der Waals surface area contributed by atoms with Gasteiger partial charge in [-0.2, -0.15) is 5.10 Å². The van der Waals surface area contributed by atoms with Crippen molar-refractivity contribution in [2.45, 2.75) is 50.8 Å². The lowest BCUT2D eigenvalue weighted by Crippen LogP contribution is -2.19. The van der Waals surface area contributed by atoms with Crippen LogP contribution in [0.2, 0.25) is 0 Å². The van der Waals surface area contributed by atoms with Crippen LogP contribution in [0.1, 0.15) is 42.4 Å². The lowest BCUT2D eigenvalue weighted by atomic mass is 10.2. The molecule has 13 heteroatoms. The van der Waals surface area contributed by atoms with Gasteiger partial charge in [0, 0.05) is 12.0 Å². The van der Waals surface area contributed by atoms with Crippen molar-refractivity contribution in [3.8, 4) is 5.75 Å². The topological polar surface area (TPSA) is 108 Å². The molecule has 0 amide bonds. The number of hydrogen-bond donors (Lipinski definition) is 1. The molecule has 0 spiro atoms. The Labute approximate surface area is 216 Å². The number of fused-ring (bicyclic) bond motifs is 1. The van der Waals surface area contributed by atoms with Crippen LogP contribution in [0.5, 0.6) is 5.75 Å². The van der Waals surface area contributed by atoms with E-state index in [2.05, 4.69) is 15.1 Å². The van der Waals surface area contributed by atoms with Crippen molar-refractivity contribution in [3.05, 3.63) is 71.1 Å². The number of benzene rings is 1. The van der Waals surface area contributed by atoms with Crippen LogP contribution in [-0.2, 0) is 21.4 Å². The monoisotopic (exact) mass is 547 g/mol. The third kappa shape index (κ3) is 5.03. The number of aryl methyl sites for hydroxylation is 2. The summed E-state index contributed by atoms with van der Waals surface area (Å²) < 4.78 is 84.0. The molecule has 1 saturated heterocycles. The molecule has 1 aliphatic heterocycles. The number of rotatable bonds is 7. The van der Waals surface area contributed by atoms with Crippen molar-refractivity contribution in [2.24, 2.45) is 0 Å². The van der Waals surface area contributed by atoms with Crippen molar-refractivity contribution < 1.29 is 31.1 Å². The number of sulfonamides is 1. The molecule has 1 aromatic carbocycles. The van der Waals surface area contributed by atoms with Gasteiger partial charge in [0.05, 0.1) is 35.0 Å². The van der Waals surface area contributed by atoms with Gasteiger partial charge in [-0.15, -0.1) is 0 Å². The first-order valence-electron chi connectivity index (χ1n) is 11.8. The molecule has 200 valence electrons. The van der Waals surface area contributed by atoms with E-state index in [0.717, 1.165) is 43.7 Å². The van der Waals surface area contributed by atoms with Gasteiger partial charge in [-0.25, -0.2) is 31.3 Å². The van der Waals surface area contributed by atoms with E-state index >= 15 is 4.39 Å². The summed E-state index contributed by atoms with van der Waals surface area (Å²) in [5.41, 5.74) is 0.302. The van der Waals surface area contributed by atoms with E-state index in [9.17, 15) is 17.2 Å². The number of aromatic nitrogens is 4. The number of ether oxygens (including phenoxy) is 2. The average molecular weight is 548 g/mol. The Morgan fingerprint density at radius 1 is 1.11 bits per heavy atom. The third-order valence-electron chi connectivity index (χ3n) is 6.24. The van der Waals surface area contributed by atoms with E-state index in [4.69, 9.17) is 9.47 Å². The fourth-order valence-electron chi connectivity index (χ4n) is 4.27. The normalized spacial score (nSPS) is 16.1. The Hall–Kier alpha value is -3.71. The quantitative estimate of drug-likeness (QED) is 0.349. The van der Waals surface area contributed by atoms with Crippen LogP contribution in [-0.4, -0.2) is 34.8 Å². The molecule has 38 heavy (non-hydrogen) atoms. The number of pyridine rings is 2. The van der Waals surface area contributed by atoms with Gasteiger partial charge in [0.15, 0.2) is 17.7 Å². The molecule has 1 fully saturated rings.